The Morgan fingerprint density at radius 1 is 1.38 bits per heavy atom. The molecule has 21 heavy (non-hydrogen) atoms. The maximum absolute atomic E-state index is 13.3. The van der Waals surface area contributed by atoms with Gasteiger partial charge in [-0.3, -0.25) is 0 Å². The standard InChI is InChI=1S/C16H21BrFN3/c1-3-8-21-9-7-20-16(21)11-15(19-4-2)13-6-5-12(18)10-14(13)17/h5-7,9-10,15,19H,3-4,8,11H2,1-2H3. The lowest BCUT2D eigenvalue weighted by Gasteiger charge is -2.20. The molecule has 1 atom stereocenters. The van der Waals surface area contributed by atoms with Gasteiger partial charge in [-0.2, -0.15) is 0 Å². The number of rotatable bonds is 7. The number of hydrogen-bond acceptors (Lipinski definition) is 2. The van der Waals surface area contributed by atoms with Crippen LogP contribution in [0, 0.1) is 5.82 Å². The molecule has 0 radical (unpaired) electrons. The van der Waals surface area contributed by atoms with Crippen molar-refractivity contribution in [3.8, 4) is 0 Å². The molecule has 1 aromatic carbocycles. The van der Waals surface area contributed by atoms with E-state index in [9.17, 15) is 4.39 Å². The minimum atomic E-state index is -0.228. The van der Waals surface area contributed by atoms with E-state index in [0.717, 1.165) is 41.8 Å². The summed E-state index contributed by atoms with van der Waals surface area (Å²) in [4.78, 5) is 4.46. The van der Waals surface area contributed by atoms with Crippen LogP contribution in [0.3, 0.4) is 0 Å². The fourth-order valence-electron chi connectivity index (χ4n) is 2.48. The van der Waals surface area contributed by atoms with Gasteiger partial charge in [-0.25, -0.2) is 9.37 Å². The van der Waals surface area contributed by atoms with Crippen LogP contribution in [-0.2, 0) is 13.0 Å². The summed E-state index contributed by atoms with van der Waals surface area (Å²) in [7, 11) is 0. The molecule has 0 aliphatic carbocycles. The molecule has 1 N–H and O–H groups in total. The number of aromatic nitrogens is 2. The molecule has 0 saturated carbocycles. The molecule has 0 aliphatic heterocycles. The van der Waals surface area contributed by atoms with Crippen LogP contribution in [0.15, 0.2) is 35.1 Å². The predicted octanol–water partition coefficient (Wildman–Crippen LogP) is 4.09. The van der Waals surface area contributed by atoms with Gasteiger partial charge in [0.05, 0.1) is 0 Å². The molecule has 114 valence electrons. The average molecular weight is 354 g/mol. The number of nitrogens with zero attached hydrogens (tertiary/aromatic N) is 2. The van der Waals surface area contributed by atoms with Crippen molar-refractivity contribution in [1.29, 1.82) is 0 Å². The van der Waals surface area contributed by atoms with E-state index < -0.39 is 0 Å². The van der Waals surface area contributed by atoms with Gasteiger partial charge in [-0.05, 0) is 30.7 Å². The fourth-order valence-corrected chi connectivity index (χ4v) is 3.11. The molecule has 0 spiro atoms. The van der Waals surface area contributed by atoms with E-state index in [4.69, 9.17) is 0 Å². The number of hydrogen-bond donors (Lipinski definition) is 1. The first-order valence-corrected chi connectivity index (χ1v) is 8.13. The third-order valence-corrected chi connectivity index (χ3v) is 4.13. The second-order valence-electron chi connectivity index (χ2n) is 5.02. The van der Waals surface area contributed by atoms with E-state index in [-0.39, 0.29) is 11.9 Å². The van der Waals surface area contributed by atoms with Gasteiger partial charge >= 0.3 is 0 Å². The van der Waals surface area contributed by atoms with Crippen LogP contribution >= 0.6 is 15.9 Å². The Hall–Kier alpha value is -1.20. The minimum absolute atomic E-state index is 0.114. The third-order valence-electron chi connectivity index (χ3n) is 3.44. The van der Waals surface area contributed by atoms with Gasteiger partial charge in [0.2, 0.25) is 0 Å². The second-order valence-corrected chi connectivity index (χ2v) is 5.87. The molecule has 1 aromatic heterocycles. The smallest absolute Gasteiger partial charge is 0.124 e. The molecule has 0 saturated heterocycles. The van der Waals surface area contributed by atoms with Gasteiger partial charge < -0.3 is 9.88 Å². The lowest BCUT2D eigenvalue weighted by Crippen LogP contribution is -2.24. The molecule has 2 rings (SSSR count). The highest BCUT2D eigenvalue weighted by molar-refractivity contribution is 9.10. The molecule has 0 aliphatic rings. The Kier molecular flexibility index (Phi) is 5.94. The molecule has 3 nitrogen and oxygen atoms in total. The van der Waals surface area contributed by atoms with Crippen molar-refractivity contribution in [1.82, 2.24) is 14.9 Å². The Morgan fingerprint density at radius 3 is 2.86 bits per heavy atom. The predicted molar refractivity (Wildman–Crippen MR) is 86.7 cm³/mol. The number of likely N-dealkylation sites (N-methyl/N-ethyl adjacent to an activating group) is 1. The van der Waals surface area contributed by atoms with Crippen LogP contribution in [0.5, 0.6) is 0 Å². The lowest BCUT2D eigenvalue weighted by molar-refractivity contribution is 0.513. The zero-order valence-corrected chi connectivity index (χ0v) is 14.0. The molecule has 0 bridgehead atoms. The van der Waals surface area contributed by atoms with Crippen LogP contribution in [0.1, 0.15) is 37.7 Å². The third kappa shape index (κ3) is 4.14. The summed E-state index contributed by atoms with van der Waals surface area (Å²) in [6.07, 6.45) is 5.72. The topological polar surface area (TPSA) is 29.9 Å². The summed E-state index contributed by atoms with van der Waals surface area (Å²) in [5.74, 6) is 0.826. The minimum Gasteiger partial charge on any atom is -0.335 e. The van der Waals surface area contributed by atoms with Crippen LogP contribution in [0.25, 0.3) is 0 Å². The van der Waals surface area contributed by atoms with E-state index in [1.54, 1.807) is 0 Å². The molecular weight excluding hydrogens is 333 g/mol. The number of benzene rings is 1. The highest BCUT2D eigenvalue weighted by Crippen LogP contribution is 2.26. The quantitative estimate of drug-likeness (QED) is 0.812. The second kappa shape index (κ2) is 7.71. The van der Waals surface area contributed by atoms with Crippen LogP contribution in [0.2, 0.25) is 0 Å². The SMILES string of the molecule is CCCn1ccnc1CC(NCC)c1ccc(F)cc1Br. The van der Waals surface area contributed by atoms with E-state index in [1.807, 2.05) is 18.5 Å². The number of nitrogens with one attached hydrogen (secondary N) is 1. The molecule has 5 heteroatoms. The Bertz CT molecular complexity index is 583. The first-order valence-electron chi connectivity index (χ1n) is 7.34. The van der Waals surface area contributed by atoms with Gasteiger partial charge in [-0.1, -0.05) is 35.8 Å². The number of halogens is 2. The molecule has 0 fully saturated rings. The highest BCUT2D eigenvalue weighted by atomic mass is 79.9. The van der Waals surface area contributed by atoms with Crippen molar-refractivity contribution < 1.29 is 4.39 Å². The summed E-state index contributed by atoms with van der Waals surface area (Å²) < 4.78 is 16.2. The number of aryl methyl sites for hydroxylation is 1. The van der Waals surface area contributed by atoms with Crippen molar-refractivity contribution in [2.24, 2.45) is 0 Å². The maximum atomic E-state index is 13.3. The monoisotopic (exact) mass is 353 g/mol. The van der Waals surface area contributed by atoms with Gasteiger partial charge in [0.25, 0.3) is 0 Å². The Balaban J connectivity index is 2.24. The number of imidazole rings is 1. The molecule has 2 aromatic rings. The maximum Gasteiger partial charge on any atom is 0.124 e. The van der Waals surface area contributed by atoms with Crippen LogP contribution in [0.4, 0.5) is 4.39 Å². The first kappa shape index (κ1) is 16.2. The normalized spacial score (nSPS) is 12.6. The van der Waals surface area contributed by atoms with E-state index in [0.29, 0.717) is 0 Å². The van der Waals surface area contributed by atoms with Crippen molar-refractivity contribution >= 4 is 15.9 Å². The summed E-state index contributed by atoms with van der Waals surface area (Å²) in [5.41, 5.74) is 1.06. The van der Waals surface area contributed by atoms with Gasteiger partial charge in [-0.15, -0.1) is 0 Å². The van der Waals surface area contributed by atoms with Crippen LogP contribution in [-0.4, -0.2) is 16.1 Å². The van der Waals surface area contributed by atoms with E-state index in [2.05, 4.69) is 44.6 Å². The zero-order valence-electron chi connectivity index (χ0n) is 12.4. The van der Waals surface area contributed by atoms with Crippen molar-refractivity contribution in [2.45, 2.75) is 39.3 Å². The van der Waals surface area contributed by atoms with E-state index in [1.165, 1.54) is 12.1 Å². The van der Waals surface area contributed by atoms with Crippen molar-refractivity contribution in [3.63, 3.8) is 0 Å². The first-order chi connectivity index (χ1) is 10.2. The molecule has 1 unspecified atom stereocenters. The van der Waals surface area contributed by atoms with Gasteiger partial charge in [0.1, 0.15) is 11.6 Å². The summed E-state index contributed by atoms with van der Waals surface area (Å²) in [5, 5.41) is 3.46. The largest absolute Gasteiger partial charge is 0.335 e. The average Bonchev–Trinajstić information content (AvgIpc) is 2.86. The molecule has 0 amide bonds. The van der Waals surface area contributed by atoms with Gasteiger partial charge in [0, 0.05) is 35.9 Å². The summed E-state index contributed by atoms with van der Waals surface area (Å²) in [6.45, 7) is 6.05. The fraction of sp³-hybridized carbons (Fsp3) is 0.438. The summed E-state index contributed by atoms with van der Waals surface area (Å²) in [6, 6.07) is 4.96. The highest BCUT2D eigenvalue weighted by Gasteiger charge is 2.17. The zero-order chi connectivity index (χ0) is 15.2. The summed E-state index contributed by atoms with van der Waals surface area (Å²) >= 11 is 3.46. The van der Waals surface area contributed by atoms with Gasteiger partial charge in [0.15, 0.2) is 0 Å². The lowest BCUT2D eigenvalue weighted by atomic mass is 10.0. The van der Waals surface area contributed by atoms with Crippen molar-refractivity contribution in [3.05, 3.63) is 52.3 Å². The molecular formula is C16H21BrFN3. The van der Waals surface area contributed by atoms with Crippen LogP contribution < -0.4 is 5.32 Å². The van der Waals surface area contributed by atoms with E-state index >= 15 is 0 Å². The molecule has 1 heterocycles. The van der Waals surface area contributed by atoms with Crippen molar-refractivity contribution in [2.75, 3.05) is 6.54 Å². The Labute approximate surface area is 133 Å². The Morgan fingerprint density at radius 2 is 2.19 bits per heavy atom.